The zero-order chi connectivity index (χ0) is 14.9. The lowest BCUT2D eigenvalue weighted by Crippen LogP contribution is -2.41. The predicted octanol–water partition coefficient (Wildman–Crippen LogP) is 1.01. The third-order valence-electron chi connectivity index (χ3n) is 2.82. The largest absolute Gasteiger partial charge is 0.352 e. The average molecular weight is 304 g/mol. The van der Waals surface area contributed by atoms with Gasteiger partial charge in [-0.15, -0.1) is 0 Å². The van der Waals surface area contributed by atoms with Crippen LogP contribution in [0.25, 0.3) is 0 Å². The summed E-state index contributed by atoms with van der Waals surface area (Å²) in [6.45, 7) is -0.458. The highest BCUT2D eigenvalue weighted by molar-refractivity contribution is 7.92. The minimum absolute atomic E-state index is 0.0858. The standard InChI is InChI=1S/C12H14F2N2O3S/c1-20(18,19)16(7-12(17)15-8-2-3-8)9-4-5-10(13)11(14)6-9/h4-6,8H,2-3,7H2,1H3,(H,15,17). The van der Waals surface area contributed by atoms with Crippen molar-refractivity contribution < 1.29 is 22.0 Å². The van der Waals surface area contributed by atoms with Gasteiger partial charge in [-0.1, -0.05) is 0 Å². The van der Waals surface area contributed by atoms with E-state index in [2.05, 4.69) is 5.32 Å². The van der Waals surface area contributed by atoms with Crippen LogP contribution in [-0.2, 0) is 14.8 Å². The molecular weight excluding hydrogens is 290 g/mol. The number of amides is 1. The maximum atomic E-state index is 13.2. The maximum absolute atomic E-state index is 13.2. The number of carbonyl (C=O) groups is 1. The van der Waals surface area contributed by atoms with Crippen LogP contribution in [0.1, 0.15) is 12.8 Å². The Kier molecular flexibility index (Phi) is 3.94. The van der Waals surface area contributed by atoms with E-state index < -0.39 is 34.1 Å². The molecule has 1 aromatic rings. The normalized spacial score (nSPS) is 14.9. The van der Waals surface area contributed by atoms with Crippen molar-refractivity contribution in [2.24, 2.45) is 0 Å². The van der Waals surface area contributed by atoms with Crippen molar-refractivity contribution in [3.05, 3.63) is 29.8 Å². The first-order valence-corrected chi connectivity index (χ1v) is 7.84. The Morgan fingerprint density at radius 1 is 1.35 bits per heavy atom. The molecule has 5 nitrogen and oxygen atoms in total. The van der Waals surface area contributed by atoms with Crippen molar-refractivity contribution >= 4 is 21.6 Å². The van der Waals surface area contributed by atoms with E-state index in [4.69, 9.17) is 0 Å². The SMILES string of the molecule is CS(=O)(=O)N(CC(=O)NC1CC1)c1ccc(F)c(F)c1. The van der Waals surface area contributed by atoms with Crippen molar-refractivity contribution in [2.45, 2.75) is 18.9 Å². The summed E-state index contributed by atoms with van der Waals surface area (Å²) < 4.78 is 50.2. The summed E-state index contributed by atoms with van der Waals surface area (Å²) in [5.41, 5.74) is -0.0858. The molecule has 0 bridgehead atoms. The van der Waals surface area contributed by atoms with Gasteiger partial charge in [0.05, 0.1) is 11.9 Å². The second kappa shape index (κ2) is 5.35. The molecule has 0 heterocycles. The van der Waals surface area contributed by atoms with E-state index in [-0.39, 0.29) is 11.7 Å². The Balaban J connectivity index is 2.22. The molecule has 0 atom stereocenters. The topological polar surface area (TPSA) is 66.5 Å². The monoisotopic (exact) mass is 304 g/mol. The molecule has 1 fully saturated rings. The van der Waals surface area contributed by atoms with Gasteiger partial charge in [-0.3, -0.25) is 9.10 Å². The van der Waals surface area contributed by atoms with E-state index in [0.717, 1.165) is 41.6 Å². The fourth-order valence-electron chi connectivity index (χ4n) is 1.67. The summed E-state index contributed by atoms with van der Waals surface area (Å²) in [7, 11) is -3.77. The Morgan fingerprint density at radius 3 is 2.50 bits per heavy atom. The molecule has 2 rings (SSSR count). The Hall–Kier alpha value is -1.70. The number of nitrogens with one attached hydrogen (secondary N) is 1. The molecule has 1 amide bonds. The summed E-state index contributed by atoms with van der Waals surface area (Å²) in [4.78, 5) is 11.7. The van der Waals surface area contributed by atoms with Gasteiger partial charge in [-0.25, -0.2) is 17.2 Å². The zero-order valence-corrected chi connectivity index (χ0v) is 11.6. The minimum Gasteiger partial charge on any atom is -0.352 e. The average Bonchev–Trinajstić information content (AvgIpc) is 3.12. The van der Waals surface area contributed by atoms with Gasteiger partial charge >= 0.3 is 0 Å². The van der Waals surface area contributed by atoms with E-state index in [9.17, 15) is 22.0 Å². The van der Waals surface area contributed by atoms with Crippen LogP contribution >= 0.6 is 0 Å². The van der Waals surface area contributed by atoms with Gasteiger partial charge < -0.3 is 5.32 Å². The molecule has 1 aliphatic rings. The van der Waals surface area contributed by atoms with Crippen molar-refractivity contribution in [3.63, 3.8) is 0 Å². The minimum atomic E-state index is -3.77. The number of sulfonamides is 1. The lowest BCUT2D eigenvalue weighted by Gasteiger charge is -2.22. The molecule has 0 aromatic heterocycles. The van der Waals surface area contributed by atoms with E-state index in [1.807, 2.05) is 0 Å². The smallest absolute Gasteiger partial charge is 0.240 e. The number of hydrogen-bond donors (Lipinski definition) is 1. The number of halogens is 2. The third-order valence-corrected chi connectivity index (χ3v) is 3.96. The highest BCUT2D eigenvalue weighted by Crippen LogP contribution is 2.21. The molecule has 20 heavy (non-hydrogen) atoms. The second-order valence-electron chi connectivity index (χ2n) is 4.71. The molecule has 0 aliphatic heterocycles. The van der Waals surface area contributed by atoms with Crippen LogP contribution in [-0.4, -0.2) is 33.2 Å². The molecule has 1 aliphatic carbocycles. The van der Waals surface area contributed by atoms with Crippen molar-refractivity contribution in [2.75, 3.05) is 17.1 Å². The van der Waals surface area contributed by atoms with Gasteiger partial charge in [0.15, 0.2) is 11.6 Å². The number of nitrogens with zero attached hydrogens (tertiary/aromatic N) is 1. The predicted molar refractivity (Wildman–Crippen MR) is 69.7 cm³/mol. The quantitative estimate of drug-likeness (QED) is 0.883. The second-order valence-corrected chi connectivity index (χ2v) is 6.62. The molecule has 1 saturated carbocycles. The Bertz CT molecular complexity index is 630. The lowest BCUT2D eigenvalue weighted by atomic mass is 10.3. The van der Waals surface area contributed by atoms with Crippen LogP contribution in [0.3, 0.4) is 0 Å². The van der Waals surface area contributed by atoms with E-state index in [0.29, 0.717) is 0 Å². The highest BCUT2D eigenvalue weighted by Gasteiger charge is 2.27. The fraction of sp³-hybridized carbons (Fsp3) is 0.417. The number of anilines is 1. The summed E-state index contributed by atoms with van der Waals surface area (Å²) in [5, 5.41) is 2.64. The van der Waals surface area contributed by atoms with E-state index in [1.165, 1.54) is 0 Å². The number of hydrogen-bond acceptors (Lipinski definition) is 3. The van der Waals surface area contributed by atoms with Gasteiger partial charge in [0.1, 0.15) is 6.54 Å². The molecule has 8 heteroatoms. The van der Waals surface area contributed by atoms with Crippen molar-refractivity contribution in [1.82, 2.24) is 5.32 Å². The highest BCUT2D eigenvalue weighted by atomic mass is 32.2. The molecule has 0 unspecified atom stereocenters. The van der Waals surface area contributed by atoms with Crippen molar-refractivity contribution in [1.29, 1.82) is 0 Å². The number of benzene rings is 1. The molecule has 0 spiro atoms. The van der Waals surface area contributed by atoms with Gasteiger partial charge in [0.2, 0.25) is 15.9 Å². The summed E-state index contributed by atoms with van der Waals surface area (Å²) in [6.07, 6.45) is 2.64. The number of carbonyl (C=O) groups excluding carboxylic acids is 1. The van der Waals surface area contributed by atoms with Gasteiger partial charge in [0.25, 0.3) is 0 Å². The van der Waals surface area contributed by atoms with Gasteiger partial charge in [-0.05, 0) is 25.0 Å². The van der Waals surface area contributed by atoms with Gasteiger partial charge in [-0.2, -0.15) is 0 Å². The van der Waals surface area contributed by atoms with Crippen LogP contribution in [0.5, 0.6) is 0 Å². The van der Waals surface area contributed by atoms with Gasteiger partial charge in [0, 0.05) is 12.1 Å². The number of rotatable bonds is 5. The fourth-order valence-corrected chi connectivity index (χ4v) is 2.52. The zero-order valence-electron chi connectivity index (χ0n) is 10.8. The summed E-state index contributed by atoms with van der Waals surface area (Å²) in [5.74, 6) is -2.72. The molecule has 1 N–H and O–H groups in total. The van der Waals surface area contributed by atoms with Crippen LogP contribution in [0, 0.1) is 11.6 Å². The lowest BCUT2D eigenvalue weighted by molar-refractivity contribution is -0.119. The maximum Gasteiger partial charge on any atom is 0.240 e. The Morgan fingerprint density at radius 2 is 2.00 bits per heavy atom. The van der Waals surface area contributed by atoms with Crippen LogP contribution in [0.4, 0.5) is 14.5 Å². The van der Waals surface area contributed by atoms with E-state index in [1.54, 1.807) is 0 Å². The summed E-state index contributed by atoms with van der Waals surface area (Å²) >= 11 is 0. The molecule has 110 valence electrons. The first-order valence-electron chi connectivity index (χ1n) is 5.99. The van der Waals surface area contributed by atoms with Crippen molar-refractivity contribution in [3.8, 4) is 0 Å². The van der Waals surface area contributed by atoms with Crippen LogP contribution < -0.4 is 9.62 Å². The van der Waals surface area contributed by atoms with Crippen LogP contribution in [0.2, 0.25) is 0 Å². The third kappa shape index (κ3) is 3.66. The molecular formula is C12H14F2N2O3S. The first-order chi connectivity index (χ1) is 9.27. The molecule has 0 saturated heterocycles. The van der Waals surface area contributed by atoms with Crippen LogP contribution in [0.15, 0.2) is 18.2 Å². The molecule has 1 aromatic carbocycles. The first kappa shape index (κ1) is 14.7. The summed E-state index contributed by atoms with van der Waals surface area (Å²) in [6, 6.07) is 2.78. The van der Waals surface area contributed by atoms with E-state index >= 15 is 0 Å². The molecule has 0 radical (unpaired) electrons. The Labute approximate surface area is 115 Å².